The van der Waals surface area contributed by atoms with Gasteiger partial charge in [0.1, 0.15) is 12.3 Å². The first kappa shape index (κ1) is 23.0. The van der Waals surface area contributed by atoms with E-state index in [4.69, 9.17) is 4.74 Å². The molecule has 2 aromatic rings. The van der Waals surface area contributed by atoms with Gasteiger partial charge in [0.15, 0.2) is 0 Å². The molecule has 2 rings (SSSR count). The summed E-state index contributed by atoms with van der Waals surface area (Å²) in [5.74, 6) is -0.571. The van der Waals surface area contributed by atoms with E-state index in [0.29, 0.717) is 11.3 Å². The van der Waals surface area contributed by atoms with Crippen molar-refractivity contribution >= 4 is 23.6 Å². The fourth-order valence-electron chi connectivity index (χ4n) is 2.80. The van der Waals surface area contributed by atoms with Gasteiger partial charge >= 0.3 is 6.18 Å². The van der Waals surface area contributed by atoms with Gasteiger partial charge in [-0.15, -0.1) is 0 Å². The van der Waals surface area contributed by atoms with Gasteiger partial charge in [-0.2, -0.15) is 13.2 Å². The van der Waals surface area contributed by atoms with E-state index in [2.05, 4.69) is 5.32 Å². The highest BCUT2D eigenvalue weighted by atomic mass is 19.4. The van der Waals surface area contributed by atoms with Crippen molar-refractivity contribution in [2.75, 3.05) is 25.5 Å². The molecule has 8 heteroatoms. The Labute approximate surface area is 173 Å². The second-order valence-electron chi connectivity index (χ2n) is 6.52. The number of carbonyl (C=O) groups is 2. The summed E-state index contributed by atoms with van der Waals surface area (Å²) in [5.41, 5.74) is 0.390. The van der Waals surface area contributed by atoms with Crippen molar-refractivity contribution in [3.8, 4) is 5.75 Å². The molecule has 1 N–H and O–H groups in total. The van der Waals surface area contributed by atoms with Gasteiger partial charge < -0.3 is 15.0 Å². The summed E-state index contributed by atoms with van der Waals surface area (Å²) in [6, 6.07) is 10.2. The maximum Gasteiger partial charge on any atom is 0.418 e. The standard InChI is InChI=1S/C22H23F3N2O3/c1-4-27(21(29)12-10-16-13-15(2)9-11-19(16)30-3)14-20(28)26-18-8-6-5-7-17(18)22(23,24)25/h5-13H,4,14H2,1-3H3,(H,26,28)/b12-10+. The second kappa shape index (κ2) is 9.96. The third-order valence-corrected chi connectivity index (χ3v) is 4.33. The molecule has 0 radical (unpaired) electrons. The van der Waals surface area contributed by atoms with E-state index in [1.807, 2.05) is 19.1 Å². The average molecular weight is 420 g/mol. The van der Waals surface area contributed by atoms with Crippen LogP contribution in [0.1, 0.15) is 23.6 Å². The summed E-state index contributed by atoms with van der Waals surface area (Å²) in [4.78, 5) is 26.0. The number of amides is 2. The molecule has 160 valence electrons. The molecule has 2 amide bonds. The van der Waals surface area contributed by atoms with E-state index in [1.54, 1.807) is 19.1 Å². The van der Waals surface area contributed by atoms with Gasteiger partial charge in [0, 0.05) is 18.2 Å². The van der Waals surface area contributed by atoms with Crippen LogP contribution in [0.25, 0.3) is 6.08 Å². The van der Waals surface area contributed by atoms with Crippen LogP contribution in [-0.2, 0) is 15.8 Å². The summed E-state index contributed by atoms with van der Waals surface area (Å²) >= 11 is 0. The quantitative estimate of drug-likeness (QED) is 0.670. The smallest absolute Gasteiger partial charge is 0.418 e. The topological polar surface area (TPSA) is 58.6 Å². The highest BCUT2D eigenvalue weighted by molar-refractivity contribution is 5.98. The Hall–Kier alpha value is -3.29. The molecule has 30 heavy (non-hydrogen) atoms. The van der Waals surface area contributed by atoms with Gasteiger partial charge in [0.05, 0.1) is 18.4 Å². The van der Waals surface area contributed by atoms with Gasteiger partial charge in [0.2, 0.25) is 11.8 Å². The molecule has 0 saturated heterocycles. The van der Waals surface area contributed by atoms with E-state index in [-0.39, 0.29) is 18.8 Å². The minimum atomic E-state index is -4.60. The van der Waals surface area contributed by atoms with E-state index in [1.165, 1.54) is 36.3 Å². The Morgan fingerprint density at radius 1 is 1.17 bits per heavy atom. The highest BCUT2D eigenvalue weighted by Gasteiger charge is 2.33. The third kappa shape index (κ3) is 6.10. The van der Waals surface area contributed by atoms with Crippen LogP contribution in [0.3, 0.4) is 0 Å². The first-order valence-corrected chi connectivity index (χ1v) is 9.23. The molecule has 2 aromatic carbocycles. The van der Waals surface area contributed by atoms with E-state index >= 15 is 0 Å². The van der Waals surface area contributed by atoms with Crippen molar-refractivity contribution in [3.05, 3.63) is 65.2 Å². The zero-order valence-electron chi connectivity index (χ0n) is 16.9. The van der Waals surface area contributed by atoms with Gasteiger partial charge in [-0.3, -0.25) is 9.59 Å². The molecule has 0 bridgehead atoms. The minimum absolute atomic E-state index is 0.211. The molecular formula is C22H23F3N2O3. The van der Waals surface area contributed by atoms with Crippen LogP contribution < -0.4 is 10.1 Å². The first-order chi connectivity index (χ1) is 14.2. The lowest BCUT2D eigenvalue weighted by Crippen LogP contribution is -2.37. The Morgan fingerprint density at radius 3 is 2.50 bits per heavy atom. The summed E-state index contributed by atoms with van der Waals surface area (Å²) in [5, 5.41) is 2.24. The van der Waals surface area contributed by atoms with Crippen molar-refractivity contribution in [2.24, 2.45) is 0 Å². The van der Waals surface area contributed by atoms with Crippen molar-refractivity contribution in [1.82, 2.24) is 4.90 Å². The van der Waals surface area contributed by atoms with Crippen LogP contribution in [0.5, 0.6) is 5.75 Å². The van der Waals surface area contributed by atoms with Gasteiger partial charge in [-0.05, 0) is 44.2 Å². The molecule has 0 aliphatic rings. The maximum atomic E-state index is 13.1. The van der Waals surface area contributed by atoms with Gasteiger partial charge in [0.25, 0.3) is 0 Å². The second-order valence-corrected chi connectivity index (χ2v) is 6.52. The molecule has 0 fully saturated rings. The fraction of sp³-hybridized carbons (Fsp3) is 0.273. The number of hydrogen-bond acceptors (Lipinski definition) is 3. The van der Waals surface area contributed by atoms with Crippen molar-refractivity contribution in [2.45, 2.75) is 20.0 Å². The molecule has 0 aromatic heterocycles. The molecule has 0 unspecified atom stereocenters. The number of aryl methyl sites for hydroxylation is 1. The van der Waals surface area contributed by atoms with Crippen LogP contribution in [0.4, 0.5) is 18.9 Å². The fourth-order valence-corrected chi connectivity index (χ4v) is 2.80. The number of nitrogens with one attached hydrogen (secondary N) is 1. The SMILES string of the molecule is CCN(CC(=O)Nc1ccccc1C(F)(F)F)C(=O)/C=C/c1cc(C)ccc1OC. The minimum Gasteiger partial charge on any atom is -0.496 e. The van der Waals surface area contributed by atoms with Crippen LogP contribution >= 0.6 is 0 Å². The maximum absolute atomic E-state index is 13.1. The number of methoxy groups -OCH3 is 1. The molecule has 0 heterocycles. The predicted molar refractivity (Wildman–Crippen MR) is 109 cm³/mol. The van der Waals surface area contributed by atoms with E-state index in [0.717, 1.165) is 11.6 Å². The number of carbonyl (C=O) groups excluding carboxylic acids is 2. The summed E-state index contributed by atoms with van der Waals surface area (Å²) in [6.07, 6.45) is -1.72. The number of anilines is 1. The molecular weight excluding hydrogens is 397 g/mol. The van der Waals surface area contributed by atoms with Crippen molar-refractivity contribution in [1.29, 1.82) is 0 Å². The third-order valence-electron chi connectivity index (χ3n) is 4.33. The number of para-hydroxylation sites is 1. The largest absolute Gasteiger partial charge is 0.496 e. The Kier molecular flexibility index (Phi) is 7.63. The number of ether oxygens (including phenoxy) is 1. The van der Waals surface area contributed by atoms with E-state index < -0.39 is 23.6 Å². The van der Waals surface area contributed by atoms with E-state index in [9.17, 15) is 22.8 Å². The monoisotopic (exact) mass is 420 g/mol. The number of rotatable bonds is 7. The average Bonchev–Trinajstić information content (AvgIpc) is 2.70. The summed E-state index contributed by atoms with van der Waals surface area (Å²) in [6.45, 7) is 3.41. The molecule has 0 atom stereocenters. The first-order valence-electron chi connectivity index (χ1n) is 9.23. The zero-order chi connectivity index (χ0) is 22.3. The van der Waals surface area contributed by atoms with Crippen LogP contribution in [0.15, 0.2) is 48.5 Å². The molecule has 0 saturated carbocycles. The normalized spacial score (nSPS) is 11.4. The number of benzene rings is 2. The number of halogens is 3. The zero-order valence-corrected chi connectivity index (χ0v) is 16.9. The summed E-state index contributed by atoms with van der Waals surface area (Å²) < 4.78 is 44.5. The van der Waals surface area contributed by atoms with Gasteiger partial charge in [-0.1, -0.05) is 23.8 Å². The number of alkyl halides is 3. The lowest BCUT2D eigenvalue weighted by Gasteiger charge is -2.20. The Morgan fingerprint density at radius 2 is 1.87 bits per heavy atom. The molecule has 0 aliphatic carbocycles. The van der Waals surface area contributed by atoms with Crippen molar-refractivity contribution < 1.29 is 27.5 Å². The molecule has 0 aliphatic heterocycles. The Balaban J connectivity index is 2.09. The summed E-state index contributed by atoms with van der Waals surface area (Å²) in [7, 11) is 1.52. The van der Waals surface area contributed by atoms with Crippen LogP contribution in [0, 0.1) is 6.92 Å². The van der Waals surface area contributed by atoms with Crippen molar-refractivity contribution in [3.63, 3.8) is 0 Å². The van der Waals surface area contributed by atoms with Crippen LogP contribution in [0.2, 0.25) is 0 Å². The lowest BCUT2D eigenvalue weighted by atomic mass is 10.1. The number of nitrogens with zero attached hydrogens (tertiary/aromatic N) is 1. The molecule has 5 nitrogen and oxygen atoms in total. The molecule has 0 spiro atoms. The van der Waals surface area contributed by atoms with Gasteiger partial charge in [-0.25, -0.2) is 0 Å². The highest BCUT2D eigenvalue weighted by Crippen LogP contribution is 2.34. The lowest BCUT2D eigenvalue weighted by molar-refractivity contribution is -0.137. The Bertz CT molecular complexity index is 939. The van der Waals surface area contributed by atoms with Crippen LogP contribution in [-0.4, -0.2) is 36.9 Å². The predicted octanol–water partition coefficient (Wildman–Crippen LogP) is 4.52. The number of hydrogen-bond donors (Lipinski definition) is 1. The number of likely N-dealkylation sites (N-methyl/N-ethyl adjacent to an activating group) is 1.